The molecule has 1 fully saturated rings. The van der Waals surface area contributed by atoms with Crippen molar-refractivity contribution in [2.75, 3.05) is 25.1 Å². The Hall–Kier alpha value is -2.48. The second-order valence-electron chi connectivity index (χ2n) is 6.25. The Morgan fingerprint density at radius 1 is 1.48 bits per heavy atom. The van der Waals surface area contributed by atoms with Crippen LogP contribution in [-0.2, 0) is 16.0 Å². The van der Waals surface area contributed by atoms with Crippen LogP contribution in [-0.4, -0.2) is 53.4 Å². The van der Waals surface area contributed by atoms with Gasteiger partial charge in [-0.05, 0) is 26.3 Å². The van der Waals surface area contributed by atoms with E-state index in [4.69, 9.17) is 9.26 Å². The van der Waals surface area contributed by atoms with E-state index in [9.17, 15) is 4.79 Å². The molecular weight excluding hydrogens is 322 g/mol. The number of nitrogens with one attached hydrogen (secondary N) is 1. The zero-order valence-electron chi connectivity index (χ0n) is 14.7. The summed E-state index contributed by atoms with van der Waals surface area (Å²) in [5.41, 5.74) is 1.61. The minimum Gasteiger partial charge on any atom is -0.380 e. The predicted octanol–water partition coefficient (Wildman–Crippen LogP) is 1.03. The fourth-order valence-corrected chi connectivity index (χ4v) is 3.18. The highest BCUT2D eigenvalue weighted by atomic mass is 16.5. The number of ether oxygens (including phenoxy) is 1. The smallest absolute Gasteiger partial charge is 0.224 e. The fraction of sp³-hybridized carbons (Fsp3) is 0.529. The maximum Gasteiger partial charge on any atom is 0.224 e. The third kappa shape index (κ3) is 3.96. The lowest BCUT2D eigenvalue weighted by atomic mass is 10.1. The van der Waals surface area contributed by atoms with Crippen LogP contribution in [0.25, 0.3) is 0 Å². The Balaban J connectivity index is 1.61. The van der Waals surface area contributed by atoms with Crippen molar-refractivity contribution in [1.29, 1.82) is 0 Å². The third-order valence-corrected chi connectivity index (χ3v) is 4.62. The van der Waals surface area contributed by atoms with Crippen molar-refractivity contribution in [2.45, 2.75) is 38.8 Å². The summed E-state index contributed by atoms with van der Waals surface area (Å²) >= 11 is 0. The number of hydrogen-bond acceptors (Lipinski definition) is 7. The molecule has 0 radical (unpaired) electrons. The molecule has 2 aromatic rings. The Morgan fingerprint density at radius 2 is 2.32 bits per heavy atom. The number of carbonyl (C=O) groups is 1. The van der Waals surface area contributed by atoms with Gasteiger partial charge < -0.3 is 19.5 Å². The van der Waals surface area contributed by atoms with Crippen molar-refractivity contribution >= 4 is 11.7 Å². The lowest BCUT2D eigenvalue weighted by Crippen LogP contribution is -2.41. The van der Waals surface area contributed by atoms with Gasteiger partial charge in [0.15, 0.2) is 0 Å². The van der Waals surface area contributed by atoms with Crippen LogP contribution in [0.3, 0.4) is 0 Å². The predicted molar refractivity (Wildman–Crippen MR) is 91.3 cm³/mol. The van der Waals surface area contributed by atoms with Crippen molar-refractivity contribution in [3.05, 3.63) is 35.6 Å². The van der Waals surface area contributed by atoms with Crippen LogP contribution in [0.1, 0.15) is 23.4 Å². The van der Waals surface area contributed by atoms with Crippen molar-refractivity contribution in [1.82, 2.24) is 20.4 Å². The van der Waals surface area contributed by atoms with Crippen LogP contribution in [0.5, 0.6) is 0 Å². The normalized spacial score (nSPS) is 20.0. The topological polar surface area (TPSA) is 93.4 Å². The second kappa shape index (κ2) is 7.60. The van der Waals surface area contributed by atoms with Crippen molar-refractivity contribution in [3.8, 4) is 0 Å². The first-order valence-electron chi connectivity index (χ1n) is 8.32. The minimum atomic E-state index is -0.0436. The first-order chi connectivity index (χ1) is 12.1. The quantitative estimate of drug-likeness (QED) is 0.836. The minimum absolute atomic E-state index is 0.0436. The van der Waals surface area contributed by atoms with Crippen LogP contribution in [0.4, 0.5) is 5.82 Å². The van der Waals surface area contributed by atoms with Gasteiger partial charge in [-0.3, -0.25) is 4.79 Å². The molecule has 1 saturated heterocycles. The van der Waals surface area contributed by atoms with Gasteiger partial charge in [-0.25, -0.2) is 9.97 Å². The van der Waals surface area contributed by atoms with Gasteiger partial charge in [0.25, 0.3) is 0 Å². The lowest BCUT2D eigenvalue weighted by molar-refractivity contribution is -0.120. The molecule has 1 amide bonds. The molecule has 0 aliphatic carbocycles. The molecule has 3 heterocycles. The van der Waals surface area contributed by atoms with E-state index >= 15 is 0 Å². The monoisotopic (exact) mass is 345 g/mol. The van der Waals surface area contributed by atoms with Crippen LogP contribution in [0, 0.1) is 13.8 Å². The average molecular weight is 345 g/mol. The highest BCUT2D eigenvalue weighted by Crippen LogP contribution is 2.24. The van der Waals surface area contributed by atoms with Gasteiger partial charge in [0.1, 0.15) is 17.9 Å². The van der Waals surface area contributed by atoms with Gasteiger partial charge in [0, 0.05) is 32.0 Å². The van der Waals surface area contributed by atoms with Crippen LogP contribution >= 0.6 is 0 Å². The summed E-state index contributed by atoms with van der Waals surface area (Å²) in [6.45, 7) is 4.94. The number of carbonyl (C=O) groups excluding carboxylic acids is 1. The summed E-state index contributed by atoms with van der Waals surface area (Å²) in [6, 6.07) is 2.00. The van der Waals surface area contributed by atoms with E-state index in [2.05, 4.69) is 25.3 Å². The molecule has 25 heavy (non-hydrogen) atoms. The first kappa shape index (κ1) is 17.3. The molecule has 0 spiro atoms. The molecule has 1 aliphatic heterocycles. The summed E-state index contributed by atoms with van der Waals surface area (Å²) < 4.78 is 10.6. The van der Waals surface area contributed by atoms with E-state index in [1.54, 1.807) is 13.3 Å². The first-order valence-corrected chi connectivity index (χ1v) is 8.32. The summed E-state index contributed by atoms with van der Waals surface area (Å²) in [4.78, 5) is 22.7. The third-order valence-electron chi connectivity index (χ3n) is 4.62. The average Bonchev–Trinajstić information content (AvgIpc) is 3.19. The van der Waals surface area contributed by atoms with Crippen molar-refractivity contribution < 1.29 is 14.1 Å². The number of rotatable bonds is 6. The van der Waals surface area contributed by atoms with Crippen molar-refractivity contribution in [2.24, 2.45) is 0 Å². The molecule has 0 aromatic carbocycles. The summed E-state index contributed by atoms with van der Waals surface area (Å²) in [5.74, 6) is 1.49. The van der Waals surface area contributed by atoms with E-state index in [0.29, 0.717) is 12.3 Å². The maximum atomic E-state index is 12.3. The van der Waals surface area contributed by atoms with Gasteiger partial charge >= 0.3 is 0 Å². The molecule has 134 valence electrons. The molecule has 0 saturated carbocycles. The fourth-order valence-electron chi connectivity index (χ4n) is 3.18. The molecule has 3 rings (SSSR count). The Bertz CT molecular complexity index is 699. The van der Waals surface area contributed by atoms with E-state index in [-0.39, 0.29) is 24.5 Å². The van der Waals surface area contributed by atoms with E-state index in [1.165, 1.54) is 6.33 Å². The molecule has 0 unspecified atom stereocenters. The van der Waals surface area contributed by atoms with Gasteiger partial charge in [-0.15, -0.1) is 0 Å². The largest absolute Gasteiger partial charge is 0.380 e. The van der Waals surface area contributed by atoms with Crippen molar-refractivity contribution in [3.63, 3.8) is 0 Å². The molecule has 2 atom stereocenters. The zero-order valence-corrected chi connectivity index (χ0v) is 14.7. The molecule has 2 aromatic heterocycles. The maximum absolute atomic E-state index is 12.3. The van der Waals surface area contributed by atoms with Gasteiger partial charge in [-0.1, -0.05) is 5.16 Å². The summed E-state index contributed by atoms with van der Waals surface area (Å²) in [6.07, 6.45) is 4.48. The number of methoxy groups -OCH3 is 1. The SMILES string of the molecule is CO[C@@H]1C[C@H](CNC(=O)Cc2c(C)noc2C)N(c2ccncn2)C1. The summed E-state index contributed by atoms with van der Waals surface area (Å²) in [5, 5.41) is 6.90. The molecular formula is C17H23N5O3. The van der Waals surface area contributed by atoms with E-state index < -0.39 is 0 Å². The highest BCUT2D eigenvalue weighted by molar-refractivity contribution is 5.79. The number of aromatic nitrogens is 3. The highest BCUT2D eigenvalue weighted by Gasteiger charge is 2.33. The lowest BCUT2D eigenvalue weighted by Gasteiger charge is -2.25. The molecule has 8 nitrogen and oxygen atoms in total. The number of nitrogens with zero attached hydrogens (tertiary/aromatic N) is 4. The van der Waals surface area contributed by atoms with Gasteiger partial charge in [-0.2, -0.15) is 0 Å². The van der Waals surface area contributed by atoms with Gasteiger partial charge in [0.2, 0.25) is 5.91 Å². The standard InChI is InChI=1S/C17H23N5O3/c1-11-15(12(2)25-21-11)7-17(23)19-8-13-6-14(24-3)9-22(13)16-4-5-18-10-20-16/h4-5,10,13-14H,6-9H2,1-3H3,(H,19,23)/t13-,14-/m1/s1. The Kier molecular flexibility index (Phi) is 5.28. The van der Waals surface area contributed by atoms with Crippen LogP contribution in [0.2, 0.25) is 0 Å². The van der Waals surface area contributed by atoms with E-state index in [0.717, 1.165) is 30.0 Å². The number of amides is 1. The van der Waals surface area contributed by atoms with E-state index in [1.807, 2.05) is 19.9 Å². The molecule has 1 aliphatic rings. The Morgan fingerprint density at radius 3 is 2.96 bits per heavy atom. The summed E-state index contributed by atoms with van der Waals surface area (Å²) in [7, 11) is 1.71. The molecule has 0 bridgehead atoms. The molecule has 8 heteroatoms. The second-order valence-corrected chi connectivity index (χ2v) is 6.25. The molecule has 1 N–H and O–H groups in total. The zero-order chi connectivity index (χ0) is 17.8. The number of aryl methyl sites for hydroxylation is 2. The van der Waals surface area contributed by atoms with Crippen LogP contribution < -0.4 is 10.2 Å². The number of anilines is 1. The van der Waals surface area contributed by atoms with Gasteiger partial charge in [0.05, 0.1) is 24.3 Å². The van der Waals surface area contributed by atoms with Crippen LogP contribution in [0.15, 0.2) is 23.1 Å². The Labute approximate surface area is 146 Å². The number of hydrogen-bond donors (Lipinski definition) is 1.